The van der Waals surface area contributed by atoms with E-state index in [4.69, 9.17) is 9.47 Å². The van der Waals surface area contributed by atoms with Gasteiger partial charge in [0.15, 0.2) is 0 Å². The van der Waals surface area contributed by atoms with Gasteiger partial charge in [-0.3, -0.25) is 0 Å². The SMILES string of the molecule is CC(C)(c1ccc(Oc2ccccc2)cc1)c1ccc(Oc2ccccc2)c(-c2ccccc2)c1-c1ccccc1. The topological polar surface area (TPSA) is 18.5 Å². The minimum absolute atomic E-state index is 0.314. The van der Waals surface area contributed by atoms with Gasteiger partial charge in [-0.25, -0.2) is 0 Å². The maximum absolute atomic E-state index is 6.56. The average molecular weight is 533 g/mol. The zero-order valence-corrected chi connectivity index (χ0v) is 23.3. The average Bonchev–Trinajstić information content (AvgIpc) is 3.03. The first kappa shape index (κ1) is 26.2. The summed E-state index contributed by atoms with van der Waals surface area (Å²) in [6.45, 7) is 4.57. The fourth-order valence-corrected chi connectivity index (χ4v) is 5.32. The van der Waals surface area contributed by atoms with Gasteiger partial charge < -0.3 is 9.47 Å². The number of rotatable bonds is 8. The highest BCUT2D eigenvalue weighted by Crippen LogP contribution is 2.48. The Morgan fingerprint density at radius 3 is 1.37 bits per heavy atom. The van der Waals surface area contributed by atoms with Crippen LogP contribution in [-0.2, 0) is 5.41 Å². The van der Waals surface area contributed by atoms with Crippen LogP contribution in [0.4, 0.5) is 0 Å². The van der Waals surface area contributed by atoms with E-state index in [0.717, 1.165) is 39.7 Å². The van der Waals surface area contributed by atoms with Crippen molar-refractivity contribution in [3.05, 3.63) is 169 Å². The third-order valence-corrected chi connectivity index (χ3v) is 7.49. The van der Waals surface area contributed by atoms with Crippen LogP contribution in [0.2, 0.25) is 0 Å². The molecule has 0 aliphatic heterocycles. The molecule has 6 aromatic carbocycles. The Morgan fingerprint density at radius 2 is 0.829 bits per heavy atom. The second kappa shape index (κ2) is 11.6. The first-order valence-corrected chi connectivity index (χ1v) is 13.9. The molecule has 0 atom stereocenters. The third kappa shape index (κ3) is 5.64. The Kier molecular flexibility index (Phi) is 7.38. The van der Waals surface area contributed by atoms with E-state index in [9.17, 15) is 0 Å². The van der Waals surface area contributed by atoms with Gasteiger partial charge in [0.1, 0.15) is 23.0 Å². The molecule has 0 amide bonds. The second-order valence-electron chi connectivity index (χ2n) is 10.6. The summed E-state index contributed by atoms with van der Waals surface area (Å²) >= 11 is 0. The lowest BCUT2D eigenvalue weighted by molar-refractivity contribution is 0.481. The van der Waals surface area contributed by atoms with Gasteiger partial charge in [-0.15, -0.1) is 0 Å². The minimum Gasteiger partial charge on any atom is -0.457 e. The molecule has 2 heteroatoms. The van der Waals surface area contributed by atoms with Crippen LogP contribution in [0.1, 0.15) is 25.0 Å². The van der Waals surface area contributed by atoms with E-state index in [0.29, 0.717) is 0 Å². The van der Waals surface area contributed by atoms with Crippen LogP contribution in [0.3, 0.4) is 0 Å². The highest BCUT2D eigenvalue weighted by molar-refractivity contribution is 5.91. The fourth-order valence-electron chi connectivity index (χ4n) is 5.32. The van der Waals surface area contributed by atoms with Crippen molar-refractivity contribution in [2.24, 2.45) is 0 Å². The molecule has 0 saturated carbocycles. The summed E-state index contributed by atoms with van der Waals surface area (Å²) in [4.78, 5) is 0. The van der Waals surface area contributed by atoms with Crippen molar-refractivity contribution >= 4 is 0 Å². The van der Waals surface area contributed by atoms with Crippen LogP contribution in [0.25, 0.3) is 22.3 Å². The molecule has 0 unspecified atom stereocenters. The summed E-state index contributed by atoms with van der Waals surface area (Å²) in [5.41, 5.74) is 6.62. The standard InChI is InChI=1S/C39H32O2/c1-39(2,31-23-25-34(26-24-31)40-32-19-11-5-12-20-32)35-27-28-36(41-33-21-13-6-14-22-33)38(30-17-9-4-10-18-30)37(35)29-15-7-3-8-16-29/h3-28H,1-2H3. The van der Waals surface area contributed by atoms with Gasteiger partial charge in [0.05, 0.1) is 0 Å². The van der Waals surface area contributed by atoms with Crippen LogP contribution in [0, 0.1) is 0 Å². The van der Waals surface area contributed by atoms with Crippen LogP contribution in [0.15, 0.2) is 158 Å². The number of ether oxygens (including phenoxy) is 2. The Morgan fingerprint density at radius 1 is 0.390 bits per heavy atom. The number of benzene rings is 6. The van der Waals surface area contributed by atoms with E-state index in [1.165, 1.54) is 16.7 Å². The van der Waals surface area contributed by atoms with Crippen molar-refractivity contribution in [1.29, 1.82) is 0 Å². The molecular formula is C39H32O2. The molecule has 0 aliphatic carbocycles. The van der Waals surface area contributed by atoms with Crippen LogP contribution >= 0.6 is 0 Å². The predicted molar refractivity (Wildman–Crippen MR) is 169 cm³/mol. The molecule has 0 radical (unpaired) electrons. The number of hydrogen-bond acceptors (Lipinski definition) is 2. The first-order valence-electron chi connectivity index (χ1n) is 13.9. The summed E-state index contributed by atoms with van der Waals surface area (Å²) < 4.78 is 12.6. The molecule has 41 heavy (non-hydrogen) atoms. The minimum atomic E-state index is -0.314. The molecule has 0 spiro atoms. The van der Waals surface area contributed by atoms with E-state index >= 15 is 0 Å². The zero-order chi connectivity index (χ0) is 28.1. The quantitative estimate of drug-likeness (QED) is 0.194. The van der Waals surface area contributed by atoms with E-state index in [-0.39, 0.29) is 5.41 Å². The Balaban J connectivity index is 1.50. The molecule has 6 rings (SSSR count). The molecule has 0 bridgehead atoms. The normalized spacial score (nSPS) is 11.2. The molecule has 0 aromatic heterocycles. The highest BCUT2D eigenvalue weighted by Gasteiger charge is 2.30. The van der Waals surface area contributed by atoms with Crippen molar-refractivity contribution in [2.75, 3.05) is 0 Å². The molecule has 2 nitrogen and oxygen atoms in total. The Labute approximate surface area is 242 Å². The largest absolute Gasteiger partial charge is 0.457 e. The van der Waals surface area contributed by atoms with Gasteiger partial charge in [-0.1, -0.05) is 129 Å². The van der Waals surface area contributed by atoms with Crippen LogP contribution in [-0.4, -0.2) is 0 Å². The van der Waals surface area contributed by atoms with Gasteiger partial charge in [0.25, 0.3) is 0 Å². The fraction of sp³-hybridized carbons (Fsp3) is 0.0769. The molecule has 0 fully saturated rings. The van der Waals surface area contributed by atoms with E-state index in [1.807, 2.05) is 60.7 Å². The number of hydrogen-bond donors (Lipinski definition) is 0. The summed E-state index contributed by atoms with van der Waals surface area (Å²) in [7, 11) is 0. The van der Waals surface area contributed by atoms with Crippen molar-refractivity contribution in [1.82, 2.24) is 0 Å². The van der Waals surface area contributed by atoms with Crippen molar-refractivity contribution < 1.29 is 9.47 Å². The highest BCUT2D eigenvalue weighted by atomic mass is 16.5. The summed E-state index contributed by atoms with van der Waals surface area (Å²) in [5.74, 6) is 3.28. The summed E-state index contributed by atoms with van der Waals surface area (Å²) in [5, 5.41) is 0. The van der Waals surface area contributed by atoms with E-state index < -0.39 is 0 Å². The smallest absolute Gasteiger partial charge is 0.135 e. The maximum Gasteiger partial charge on any atom is 0.135 e. The van der Waals surface area contributed by atoms with Gasteiger partial charge in [-0.05, 0) is 70.3 Å². The predicted octanol–water partition coefficient (Wildman–Crippen LogP) is 10.9. The lowest BCUT2D eigenvalue weighted by Crippen LogP contribution is -2.20. The first-order chi connectivity index (χ1) is 20.1. The monoisotopic (exact) mass is 532 g/mol. The van der Waals surface area contributed by atoms with Gasteiger partial charge in [0.2, 0.25) is 0 Å². The maximum atomic E-state index is 6.56. The Bertz CT molecular complexity index is 1710. The molecule has 0 N–H and O–H groups in total. The van der Waals surface area contributed by atoms with E-state index in [2.05, 4.69) is 111 Å². The molecular weight excluding hydrogens is 500 g/mol. The third-order valence-electron chi connectivity index (χ3n) is 7.49. The van der Waals surface area contributed by atoms with Crippen molar-refractivity contribution in [3.63, 3.8) is 0 Å². The van der Waals surface area contributed by atoms with E-state index in [1.54, 1.807) is 0 Å². The summed E-state index contributed by atoms with van der Waals surface area (Å²) in [6, 6.07) is 53.8. The summed E-state index contributed by atoms with van der Waals surface area (Å²) in [6.07, 6.45) is 0. The molecule has 0 heterocycles. The zero-order valence-electron chi connectivity index (χ0n) is 23.3. The second-order valence-corrected chi connectivity index (χ2v) is 10.6. The molecule has 0 aliphatic rings. The van der Waals surface area contributed by atoms with Crippen LogP contribution in [0.5, 0.6) is 23.0 Å². The lowest BCUT2D eigenvalue weighted by Gasteiger charge is -2.31. The number of para-hydroxylation sites is 2. The van der Waals surface area contributed by atoms with Crippen molar-refractivity contribution in [2.45, 2.75) is 19.3 Å². The molecule has 200 valence electrons. The Hall–Kier alpha value is -5.08. The van der Waals surface area contributed by atoms with Crippen molar-refractivity contribution in [3.8, 4) is 45.3 Å². The molecule has 6 aromatic rings. The molecule has 0 saturated heterocycles. The van der Waals surface area contributed by atoms with Crippen LogP contribution < -0.4 is 9.47 Å². The van der Waals surface area contributed by atoms with Gasteiger partial charge >= 0.3 is 0 Å². The van der Waals surface area contributed by atoms with Gasteiger partial charge in [0, 0.05) is 11.0 Å². The lowest BCUT2D eigenvalue weighted by atomic mass is 9.73. The van der Waals surface area contributed by atoms with Gasteiger partial charge in [-0.2, -0.15) is 0 Å².